The van der Waals surface area contributed by atoms with Crippen molar-refractivity contribution in [1.29, 1.82) is 0 Å². The number of fused-ring (bicyclic) bond motifs is 2. The Morgan fingerprint density at radius 1 is 1.12 bits per heavy atom. The van der Waals surface area contributed by atoms with Gasteiger partial charge in [-0.05, 0) is 50.1 Å². The third-order valence-corrected chi connectivity index (χ3v) is 8.30. The first-order valence-corrected chi connectivity index (χ1v) is 13.6. The number of carbonyl (C=O) groups is 1. The molecular formula is C30H29F2N7O2. The van der Waals surface area contributed by atoms with Crippen molar-refractivity contribution in [1.82, 2.24) is 29.6 Å². The molecule has 7 rings (SSSR count). The van der Waals surface area contributed by atoms with Crippen LogP contribution in [0.1, 0.15) is 46.6 Å². The van der Waals surface area contributed by atoms with Crippen LogP contribution in [-0.2, 0) is 17.9 Å². The van der Waals surface area contributed by atoms with Crippen molar-refractivity contribution < 1.29 is 18.3 Å². The number of hydrogen-bond donors (Lipinski definition) is 1. The second kappa shape index (κ2) is 8.87. The van der Waals surface area contributed by atoms with E-state index in [9.17, 15) is 13.6 Å². The van der Waals surface area contributed by atoms with Crippen molar-refractivity contribution in [3.63, 3.8) is 0 Å². The number of benzene rings is 1. The SMILES string of the molecule is Cc1nn(-c2ncccn2)cc1C(=O)N1C[C@@H]2[C@H](C1)[C@@H]2Oc1cc(C(C)(C)N)cc(-c2ccc3c(c2)CC3(F)F)n1. The molecule has 41 heavy (non-hydrogen) atoms. The number of piperidine rings is 1. The zero-order valence-electron chi connectivity index (χ0n) is 22.9. The van der Waals surface area contributed by atoms with E-state index in [1.807, 2.05) is 30.9 Å². The maximum absolute atomic E-state index is 13.8. The predicted molar refractivity (Wildman–Crippen MR) is 146 cm³/mol. The molecule has 4 heterocycles. The first-order valence-electron chi connectivity index (χ1n) is 13.6. The lowest BCUT2D eigenvalue weighted by molar-refractivity contribution is -0.0287. The molecule has 1 aliphatic heterocycles. The molecule has 0 unspecified atom stereocenters. The van der Waals surface area contributed by atoms with Crippen molar-refractivity contribution in [2.45, 2.75) is 44.8 Å². The van der Waals surface area contributed by atoms with Crippen LogP contribution in [0.2, 0.25) is 0 Å². The number of hydrogen-bond acceptors (Lipinski definition) is 7. The Balaban J connectivity index is 1.06. The summed E-state index contributed by atoms with van der Waals surface area (Å²) >= 11 is 0. The maximum Gasteiger partial charge on any atom is 0.277 e. The van der Waals surface area contributed by atoms with Gasteiger partial charge in [-0.15, -0.1) is 0 Å². The molecule has 0 bridgehead atoms. The average Bonchev–Trinajstić information content (AvgIpc) is 3.25. The summed E-state index contributed by atoms with van der Waals surface area (Å²) in [5, 5.41) is 4.42. The molecule has 11 heteroatoms. The normalized spacial score (nSPS) is 22.1. The van der Waals surface area contributed by atoms with Crippen LogP contribution in [0.15, 0.2) is 55.0 Å². The summed E-state index contributed by atoms with van der Waals surface area (Å²) in [7, 11) is 0. The summed E-state index contributed by atoms with van der Waals surface area (Å²) in [5.74, 6) is -1.58. The molecule has 2 aliphatic carbocycles. The average molecular weight is 558 g/mol. The quantitative estimate of drug-likeness (QED) is 0.381. The highest BCUT2D eigenvalue weighted by Crippen LogP contribution is 2.49. The van der Waals surface area contributed by atoms with Crippen molar-refractivity contribution in [3.05, 3.63) is 82.9 Å². The molecule has 1 saturated heterocycles. The molecule has 1 aromatic carbocycles. The van der Waals surface area contributed by atoms with Crippen molar-refractivity contribution in [3.8, 4) is 23.1 Å². The van der Waals surface area contributed by atoms with E-state index in [-0.39, 0.29) is 35.8 Å². The smallest absolute Gasteiger partial charge is 0.277 e. The highest BCUT2D eigenvalue weighted by Gasteiger charge is 2.59. The van der Waals surface area contributed by atoms with Gasteiger partial charge in [0.1, 0.15) is 6.10 Å². The third kappa shape index (κ3) is 4.44. The molecule has 0 spiro atoms. The van der Waals surface area contributed by atoms with E-state index < -0.39 is 11.5 Å². The Morgan fingerprint density at radius 2 is 1.85 bits per heavy atom. The summed E-state index contributed by atoms with van der Waals surface area (Å²) in [6, 6.07) is 10.4. The number of alkyl halides is 2. The summed E-state index contributed by atoms with van der Waals surface area (Å²) < 4.78 is 35.5. The lowest BCUT2D eigenvalue weighted by Crippen LogP contribution is -2.33. The fourth-order valence-corrected chi connectivity index (χ4v) is 5.87. The lowest BCUT2D eigenvalue weighted by atomic mass is 9.83. The molecular weight excluding hydrogens is 528 g/mol. The number of carbonyl (C=O) groups excluding carboxylic acids is 1. The molecule has 4 aromatic rings. The Bertz CT molecular complexity index is 1670. The number of rotatable bonds is 6. The number of amides is 1. The van der Waals surface area contributed by atoms with Gasteiger partial charge in [0.25, 0.3) is 11.8 Å². The molecule has 3 aliphatic rings. The highest BCUT2D eigenvalue weighted by molar-refractivity contribution is 5.95. The monoisotopic (exact) mass is 557 g/mol. The van der Waals surface area contributed by atoms with E-state index in [2.05, 4.69) is 15.1 Å². The van der Waals surface area contributed by atoms with Gasteiger partial charge in [0.2, 0.25) is 11.8 Å². The maximum atomic E-state index is 13.8. The predicted octanol–water partition coefficient (Wildman–Crippen LogP) is 4.02. The molecule has 210 valence electrons. The molecule has 2 fully saturated rings. The van der Waals surface area contributed by atoms with E-state index in [0.717, 1.165) is 11.1 Å². The van der Waals surface area contributed by atoms with Crippen LogP contribution in [0.5, 0.6) is 5.88 Å². The van der Waals surface area contributed by atoms with Crippen LogP contribution in [0.4, 0.5) is 8.78 Å². The number of halogens is 2. The first kappa shape index (κ1) is 25.7. The zero-order chi connectivity index (χ0) is 28.7. The van der Waals surface area contributed by atoms with Crippen LogP contribution in [0.3, 0.4) is 0 Å². The van der Waals surface area contributed by atoms with Crippen LogP contribution < -0.4 is 10.5 Å². The van der Waals surface area contributed by atoms with Crippen LogP contribution in [0.25, 0.3) is 17.2 Å². The van der Waals surface area contributed by atoms with Crippen LogP contribution in [0, 0.1) is 18.8 Å². The minimum absolute atomic E-state index is 0.0624. The fourth-order valence-electron chi connectivity index (χ4n) is 5.87. The number of aromatic nitrogens is 5. The van der Waals surface area contributed by atoms with Crippen molar-refractivity contribution in [2.24, 2.45) is 17.6 Å². The second-order valence-electron chi connectivity index (χ2n) is 11.8. The largest absolute Gasteiger partial charge is 0.474 e. The molecule has 3 aromatic heterocycles. The second-order valence-corrected chi connectivity index (χ2v) is 11.8. The summed E-state index contributed by atoms with van der Waals surface area (Å²) in [4.78, 5) is 28.3. The van der Waals surface area contributed by atoms with Crippen molar-refractivity contribution in [2.75, 3.05) is 13.1 Å². The summed E-state index contributed by atoms with van der Waals surface area (Å²) in [6.45, 7) is 6.76. The molecule has 1 amide bonds. The minimum atomic E-state index is -2.76. The molecule has 9 nitrogen and oxygen atoms in total. The number of nitrogens with zero attached hydrogens (tertiary/aromatic N) is 6. The van der Waals surface area contributed by atoms with Gasteiger partial charge in [-0.2, -0.15) is 5.10 Å². The van der Waals surface area contributed by atoms with Gasteiger partial charge in [0, 0.05) is 72.7 Å². The van der Waals surface area contributed by atoms with Gasteiger partial charge in [-0.3, -0.25) is 4.79 Å². The third-order valence-electron chi connectivity index (χ3n) is 8.30. The Hall–Kier alpha value is -4.25. The van der Waals surface area contributed by atoms with Gasteiger partial charge in [-0.1, -0.05) is 12.1 Å². The highest BCUT2D eigenvalue weighted by atomic mass is 19.3. The van der Waals surface area contributed by atoms with Gasteiger partial charge in [0.05, 0.1) is 17.0 Å². The van der Waals surface area contributed by atoms with Crippen LogP contribution >= 0.6 is 0 Å². The van der Waals surface area contributed by atoms with Crippen molar-refractivity contribution >= 4 is 5.91 Å². The van der Waals surface area contributed by atoms with Gasteiger partial charge in [0.15, 0.2) is 0 Å². The van der Waals surface area contributed by atoms with Gasteiger partial charge >= 0.3 is 0 Å². The molecule has 0 radical (unpaired) electrons. The fraction of sp³-hybridized carbons (Fsp3) is 0.367. The van der Waals surface area contributed by atoms with Crippen LogP contribution in [-0.4, -0.2) is 54.7 Å². The number of nitrogens with two attached hydrogens (primary N) is 1. The number of aryl methyl sites for hydroxylation is 1. The minimum Gasteiger partial charge on any atom is -0.474 e. The first-order chi connectivity index (χ1) is 19.5. The van der Waals surface area contributed by atoms with Gasteiger partial charge in [-0.25, -0.2) is 28.4 Å². The summed E-state index contributed by atoms with van der Waals surface area (Å²) in [6.07, 6.45) is 4.61. The number of likely N-dealkylation sites (tertiary alicyclic amines) is 1. The number of ether oxygens (including phenoxy) is 1. The topological polar surface area (TPSA) is 112 Å². The molecule has 3 atom stereocenters. The Kier molecular flexibility index (Phi) is 5.56. The standard InChI is InChI=1S/C30H29F2N7O2/c1-16-20(15-39(37-16)28-34-7-4-8-35-28)27(40)38-13-21-22(14-38)26(21)41-25-11-19(29(2,3)33)10-24(36-25)17-5-6-23-18(9-17)12-30(23,31)32/h4-11,15,21-22,26H,12-14,33H2,1-3H3/t21-,22+,26-. The van der Waals surface area contributed by atoms with E-state index in [1.165, 1.54) is 10.7 Å². The zero-order valence-corrected chi connectivity index (χ0v) is 22.9. The van der Waals surface area contributed by atoms with E-state index >= 15 is 0 Å². The molecule has 2 N–H and O–H groups in total. The Labute approximate surface area is 235 Å². The molecule has 1 saturated carbocycles. The number of pyridine rings is 1. The summed E-state index contributed by atoms with van der Waals surface area (Å²) in [5.41, 5.74) is 9.84. The van der Waals surface area contributed by atoms with E-state index in [1.54, 1.807) is 43.7 Å². The van der Waals surface area contributed by atoms with E-state index in [4.69, 9.17) is 15.5 Å². The van der Waals surface area contributed by atoms with E-state index in [0.29, 0.717) is 47.4 Å². The lowest BCUT2D eigenvalue weighted by Gasteiger charge is -2.30. The van der Waals surface area contributed by atoms with Gasteiger partial charge < -0.3 is 15.4 Å². The Morgan fingerprint density at radius 3 is 2.51 bits per heavy atom.